The van der Waals surface area contributed by atoms with Gasteiger partial charge in [0.25, 0.3) is 0 Å². The summed E-state index contributed by atoms with van der Waals surface area (Å²) in [6, 6.07) is 3.56. The van der Waals surface area contributed by atoms with Crippen molar-refractivity contribution in [2.24, 2.45) is 17.6 Å². The van der Waals surface area contributed by atoms with Gasteiger partial charge in [-0.3, -0.25) is 4.79 Å². The van der Waals surface area contributed by atoms with Gasteiger partial charge in [-0.1, -0.05) is 13.8 Å². The van der Waals surface area contributed by atoms with Crippen molar-refractivity contribution in [1.82, 2.24) is 4.98 Å². The molecule has 1 fully saturated rings. The molecule has 2 rings (SSSR count). The van der Waals surface area contributed by atoms with Crippen molar-refractivity contribution in [3.8, 4) is 5.88 Å². The van der Waals surface area contributed by atoms with Gasteiger partial charge in [0.1, 0.15) is 4.60 Å². The Morgan fingerprint density at radius 1 is 1.52 bits per heavy atom. The molecule has 0 radical (unpaired) electrons. The first-order valence-electron chi connectivity index (χ1n) is 7.04. The Morgan fingerprint density at radius 2 is 2.14 bits per heavy atom. The molecular formula is C15H21BrN2O3. The molecule has 0 bridgehead atoms. The number of primary amides is 1. The highest BCUT2D eigenvalue weighted by molar-refractivity contribution is 9.10. The van der Waals surface area contributed by atoms with E-state index in [1.54, 1.807) is 6.07 Å². The smallest absolute Gasteiger partial charge is 0.250 e. The number of amides is 1. The number of carbonyl (C=O) groups is 1. The third-order valence-electron chi connectivity index (χ3n) is 4.10. The average molecular weight is 357 g/mol. The molecule has 1 aliphatic carbocycles. The summed E-state index contributed by atoms with van der Waals surface area (Å²) in [5, 5.41) is 11.0. The molecule has 0 spiro atoms. The number of halogens is 1. The molecule has 1 aliphatic rings. The minimum absolute atomic E-state index is 0.0436. The second-order valence-electron chi connectivity index (χ2n) is 5.95. The third kappa shape index (κ3) is 3.06. The molecule has 1 aromatic rings. The lowest BCUT2D eigenvalue weighted by Crippen LogP contribution is -2.52. The molecule has 3 N–H and O–H groups in total. The molecule has 1 aromatic heterocycles. The third-order valence-corrected chi connectivity index (χ3v) is 4.50. The summed E-state index contributed by atoms with van der Waals surface area (Å²) in [6.07, 6.45) is 1.65. The van der Waals surface area contributed by atoms with Crippen LogP contribution in [0.15, 0.2) is 16.7 Å². The van der Waals surface area contributed by atoms with Crippen molar-refractivity contribution in [3.05, 3.63) is 22.3 Å². The van der Waals surface area contributed by atoms with Gasteiger partial charge < -0.3 is 15.6 Å². The van der Waals surface area contributed by atoms with Gasteiger partial charge in [0.15, 0.2) is 5.60 Å². The Hall–Kier alpha value is -1.14. The predicted octanol–water partition coefficient (Wildman–Crippen LogP) is 2.22. The number of nitrogens with zero attached hydrogens (tertiary/aromatic N) is 1. The maximum Gasteiger partial charge on any atom is 0.250 e. The zero-order chi connectivity index (χ0) is 15.8. The molecule has 1 heterocycles. The first-order chi connectivity index (χ1) is 9.80. The maximum atomic E-state index is 12.0. The van der Waals surface area contributed by atoms with Gasteiger partial charge in [0.05, 0.1) is 7.11 Å². The Kier molecular flexibility index (Phi) is 4.58. The Labute approximate surface area is 133 Å². The fourth-order valence-corrected chi connectivity index (χ4v) is 3.49. The topological polar surface area (TPSA) is 85.4 Å². The summed E-state index contributed by atoms with van der Waals surface area (Å²) in [5.74, 6) is -0.638. The first-order valence-corrected chi connectivity index (χ1v) is 7.83. The van der Waals surface area contributed by atoms with Crippen LogP contribution >= 0.6 is 15.9 Å². The number of hydrogen-bond donors (Lipinski definition) is 2. The highest BCUT2D eigenvalue weighted by Crippen LogP contribution is 2.50. The van der Waals surface area contributed by atoms with E-state index in [1.165, 1.54) is 7.11 Å². The van der Waals surface area contributed by atoms with Crippen LogP contribution in [0, 0.1) is 11.8 Å². The van der Waals surface area contributed by atoms with E-state index in [2.05, 4.69) is 20.9 Å². The number of methoxy groups -OCH3 is 1. The van der Waals surface area contributed by atoms with Gasteiger partial charge in [0, 0.05) is 12.0 Å². The van der Waals surface area contributed by atoms with Gasteiger partial charge in [-0.2, -0.15) is 0 Å². The SMILES string of the molecule is COc1cc(C(C(C)C)C(O)(C(N)=O)C2CC2)cc(Br)n1. The van der Waals surface area contributed by atoms with Crippen LogP contribution in [0.4, 0.5) is 0 Å². The molecule has 0 saturated heterocycles. The standard InChI is InChI=1S/C15H21BrN2O3/c1-8(2)13(15(20,14(17)19)10-4-5-10)9-6-11(16)18-12(7-9)21-3/h6-8,10,13,20H,4-5H2,1-3H3,(H2,17,19). The molecule has 116 valence electrons. The lowest BCUT2D eigenvalue weighted by atomic mass is 9.72. The zero-order valence-electron chi connectivity index (χ0n) is 12.5. The summed E-state index contributed by atoms with van der Waals surface area (Å²) >= 11 is 3.34. The Balaban J connectivity index is 2.53. The average Bonchev–Trinajstić information content (AvgIpc) is 3.21. The summed E-state index contributed by atoms with van der Waals surface area (Å²) in [6.45, 7) is 3.95. The lowest BCUT2D eigenvalue weighted by Gasteiger charge is -2.37. The van der Waals surface area contributed by atoms with Crippen LogP contribution in [0.1, 0.15) is 38.2 Å². The van der Waals surface area contributed by atoms with E-state index in [9.17, 15) is 9.90 Å². The second kappa shape index (κ2) is 5.93. The number of carbonyl (C=O) groups excluding carboxylic acids is 1. The summed E-state index contributed by atoms with van der Waals surface area (Å²) in [4.78, 5) is 16.2. The van der Waals surface area contributed by atoms with Crippen LogP contribution in [0.5, 0.6) is 5.88 Å². The molecule has 1 amide bonds. The van der Waals surface area contributed by atoms with Crippen molar-refractivity contribution in [2.45, 2.75) is 38.2 Å². The van der Waals surface area contributed by atoms with E-state index in [0.29, 0.717) is 10.5 Å². The van der Waals surface area contributed by atoms with Gasteiger partial charge in [0.2, 0.25) is 11.8 Å². The Bertz CT molecular complexity index is 546. The zero-order valence-corrected chi connectivity index (χ0v) is 14.1. The van der Waals surface area contributed by atoms with E-state index in [1.807, 2.05) is 19.9 Å². The quantitative estimate of drug-likeness (QED) is 0.765. The minimum atomic E-state index is -1.53. The predicted molar refractivity (Wildman–Crippen MR) is 82.9 cm³/mol. The van der Waals surface area contributed by atoms with Crippen molar-refractivity contribution in [1.29, 1.82) is 0 Å². The van der Waals surface area contributed by atoms with Crippen LogP contribution in [0.3, 0.4) is 0 Å². The van der Waals surface area contributed by atoms with Crippen molar-refractivity contribution < 1.29 is 14.6 Å². The number of aromatic nitrogens is 1. The molecule has 21 heavy (non-hydrogen) atoms. The van der Waals surface area contributed by atoms with Crippen molar-refractivity contribution >= 4 is 21.8 Å². The molecule has 0 aromatic carbocycles. The molecule has 2 unspecified atom stereocenters. The number of ether oxygens (including phenoxy) is 1. The van der Waals surface area contributed by atoms with Crippen molar-refractivity contribution in [2.75, 3.05) is 7.11 Å². The van der Waals surface area contributed by atoms with Gasteiger partial charge in [-0.25, -0.2) is 4.98 Å². The normalized spacial score (nSPS) is 19.1. The molecule has 5 nitrogen and oxygen atoms in total. The Morgan fingerprint density at radius 3 is 2.57 bits per heavy atom. The van der Waals surface area contributed by atoms with Crippen LogP contribution in [0.25, 0.3) is 0 Å². The number of pyridine rings is 1. The van der Waals surface area contributed by atoms with E-state index < -0.39 is 17.4 Å². The fraction of sp³-hybridized carbons (Fsp3) is 0.600. The first kappa shape index (κ1) is 16.2. The van der Waals surface area contributed by atoms with E-state index in [-0.39, 0.29) is 11.8 Å². The van der Waals surface area contributed by atoms with E-state index >= 15 is 0 Å². The molecule has 0 aliphatic heterocycles. The number of rotatable bonds is 6. The second-order valence-corrected chi connectivity index (χ2v) is 6.76. The summed E-state index contributed by atoms with van der Waals surface area (Å²) in [5.41, 5.74) is 4.82. The molecule has 6 heteroatoms. The highest BCUT2D eigenvalue weighted by Gasteiger charge is 2.55. The van der Waals surface area contributed by atoms with Gasteiger partial charge >= 0.3 is 0 Å². The largest absolute Gasteiger partial charge is 0.481 e. The lowest BCUT2D eigenvalue weighted by molar-refractivity contribution is -0.143. The van der Waals surface area contributed by atoms with Crippen LogP contribution in [0.2, 0.25) is 0 Å². The number of nitrogens with two attached hydrogens (primary N) is 1. The highest BCUT2D eigenvalue weighted by atomic mass is 79.9. The number of aliphatic hydroxyl groups is 1. The minimum Gasteiger partial charge on any atom is -0.481 e. The fourth-order valence-electron chi connectivity index (χ4n) is 3.05. The summed E-state index contributed by atoms with van der Waals surface area (Å²) < 4.78 is 5.78. The maximum absolute atomic E-state index is 12.0. The molecule has 2 atom stereocenters. The molecular weight excluding hydrogens is 336 g/mol. The summed E-state index contributed by atoms with van der Waals surface area (Å²) in [7, 11) is 1.53. The van der Waals surface area contributed by atoms with E-state index in [0.717, 1.165) is 18.4 Å². The van der Waals surface area contributed by atoms with E-state index in [4.69, 9.17) is 10.5 Å². The van der Waals surface area contributed by atoms with Crippen LogP contribution < -0.4 is 10.5 Å². The molecule has 1 saturated carbocycles. The van der Waals surface area contributed by atoms with Gasteiger partial charge in [-0.05, 0) is 52.2 Å². The van der Waals surface area contributed by atoms with Crippen LogP contribution in [-0.4, -0.2) is 28.7 Å². The monoisotopic (exact) mass is 356 g/mol. The van der Waals surface area contributed by atoms with Crippen LogP contribution in [-0.2, 0) is 4.79 Å². The van der Waals surface area contributed by atoms with Gasteiger partial charge in [-0.15, -0.1) is 0 Å². The van der Waals surface area contributed by atoms with Crippen molar-refractivity contribution in [3.63, 3.8) is 0 Å². The number of hydrogen-bond acceptors (Lipinski definition) is 4.